The highest BCUT2D eigenvalue weighted by atomic mass is 19.1. The van der Waals surface area contributed by atoms with Crippen molar-refractivity contribution in [1.29, 1.82) is 0 Å². The first kappa shape index (κ1) is 20.0. The van der Waals surface area contributed by atoms with E-state index in [0.717, 1.165) is 11.1 Å². The second kappa shape index (κ2) is 8.50. The van der Waals surface area contributed by atoms with E-state index in [1.54, 1.807) is 29.4 Å². The average Bonchev–Trinajstić information content (AvgIpc) is 2.83. The highest BCUT2D eigenvalue weighted by Gasteiger charge is 2.33. The zero-order valence-corrected chi connectivity index (χ0v) is 16.6. The van der Waals surface area contributed by atoms with E-state index in [0.29, 0.717) is 25.2 Å². The molecule has 2 heterocycles. The molecule has 3 rings (SSSR count). The van der Waals surface area contributed by atoms with E-state index in [-0.39, 0.29) is 36.0 Å². The van der Waals surface area contributed by atoms with Crippen molar-refractivity contribution in [1.82, 2.24) is 14.8 Å². The van der Waals surface area contributed by atoms with Gasteiger partial charge in [-0.3, -0.25) is 14.6 Å². The summed E-state index contributed by atoms with van der Waals surface area (Å²) in [5.74, 6) is -0.206. The molecule has 1 aliphatic heterocycles. The molecule has 1 aromatic carbocycles. The third-order valence-electron chi connectivity index (χ3n) is 5.17. The summed E-state index contributed by atoms with van der Waals surface area (Å²) in [6.45, 7) is 7.27. The fraction of sp³-hybridized carbons (Fsp3) is 0.409. The first-order chi connectivity index (χ1) is 13.3. The van der Waals surface area contributed by atoms with E-state index in [4.69, 9.17) is 0 Å². The van der Waals surface area contributed by atoms with Gasteiger partial charge in [-0.25, -0.2) is 4.39 Å². The first-order valence-corrected chi connectivity index (χ1v) is 9.60. The molecule has 2 aromatic rings. The van der Waals surface area contributed by atoms with Gasteiger partial charge in [0, 0.05) is 38.4 Å². The van der Waals surface area contributed by atoms with Crippen LogP contribution in [0.15, 0.2) is 42.7 Å². The lowest BCUT2D eigenvalue weighted by Crippen LogP contribution is -2.47. The number of benzene rings is 1. The van der Waals surface area contributed by atoms with Crippen molar-refractivity contribution in [2.45, 2.75) is 39.8 Å². The van der Waals surface area contributed by atoms with Gasteiger partial charge in [-0.1, -0.05) is 26.0 Å². The number of carbonyl (C=O) groups is 2. The Morgan fingerprint density at radius 2 is 1.96 bits per heavy atom. The van der Waals surface area contributed by atoms with E-state index in [9.17, 15) is 14.0 Å². The topological polar surface area (TPSA) is 53.5 Å². The van der Waals surface area contributed by atoms with Crippen LogP contribution in [-0.4, -0.2) is 45.7 Å². The molecule has 0 radical (unpaired) electrons. The highest BCUT2D eigenvalue weighted by molar-refractivity contribution is 5.94. The quantitative estimate of drug-likeness (QED) is 0.813. The Morgan fingerprint density at radius 3 is 2.61 bits per heavy atom. The molecule has 0 saturated carbocycles. The molecule has 0 spiro atoms. The maximum Gasteiger partial charge on any atom is 0.255 e. The van der Waals surface area contributed by atoms with Gasteiger partial charge in [-0.05, 0) is 42.2 Å². The standard InChI is InChI=1S/C22H26FN3O2/c1-15(2)20-14-25(22(28)18-10-16(3)11-24-12-18)9-8-21(27)26(20)13-17-4-6-19(23)7-5-17/h4-7,10-12,15,20H,8-9,13-14H2,1-3H3. The predicted octanol–water partition coefficient (Wildman–Crippen LogP) is 3.43. The van der Waals surface area contributed by atoms with Crippen LogP contribution in [0.4, 0.5) is 4.39 Å². The summed E-state index contributed by atoms with van der Waals surface area (Å²) in [7, 11) is 0. The number of hydrogen-bond donors (Lipinski definition) is 0. The normalized spacial score (nSPS) is 17.8. The molecule has 5 nitrogen and oxygen atoms in total. The van der Waals surface area contributed by atoms with Crippen LogP contribution in [0.25, 0.3) is 0 Å². The summed E-state index contributed by atoms with van der Waals surface area (Å²) in [5.41, 5.74) is 2.35. The van der Waals surface area contributed by atoms with Crippen molar-refractivity contribution in [3.8, 4) is 0 Å². The highest BCUT2D eigenvalue weighted by Crippen LogP contribution is 2.22. The van der Waals surface area contributed by atoms with E-state index in [2.05, 4.69) is 18.8 Å². The fourth-order valence-electron chi connectivity index (χ4n) is 3.58. The van der Waals surface area contributed by atoms with Crippen LogP contribution in [-0.2, 0) is 11.3 Å². The van der Waals surface area contributed by atoms with Gasteiger partial charge in [0.1, 0.15) is 5.82 Å². The number of aryl methyl sites for hydroxylation is 1. The Labute approximate surface area is 165 Å². The van der Waals surface area contributed by atoms with Crippen molar-refractivity contribution < 1.29 is 14.0 Å². The lowest BCUT2D eigenvalue weighted by molar-refractivity contribution is -0.134. The molecule has 28 heavy (non-hydrogen) atoms. The van der Waals surface area contributed by atoms with E-state index < -0.39 is 0 Å². The summed E-state index contributed by atoms with van der Waals surface area (Å²) < 4.78 is 13.2. The Kier molecular flexibility index (Phi) is 6.07. The number of hydrogen-bond acceptors (Lipinski definition) is 3. The van der Waals surface area contributed by atoms with Crippen molar-refractivity contribution in [3.63, 3.8) is 0 Å². The van der Waals surface area contributed by atoms with Gasteiger partial charge in [-0.15, -0.1) is 0 Å². The average molecular weight is 383 g/mol. The summed E-state index contributed by atoms with van der Waals surface area (Å²) in [6.07, 6.45) is 3.56. The molecule has 0 bridgehead atoms. The molecular weight excluding hydrogens is 357 g/mol. The number of aromatic nitrogens is 1. The third kappa shape index (κ3) is 4.55. The smallest absolute Gasteiger partial charge is 0.255 e. The second-order valence-corrected chi connectivity index (χ2v) is 7.71. The van der Waals surface area contributed by atoms with Gasteiger partial charge in [0.05, 0.1) is 11.6 Å². The molecule has 1 unspecified atom stereocenters. The minimum atomic E-state index is -0.296. The number of pyridine rings is 1. The molecule has 1 fully saturated rings. The number of halogens is 1. The van der Waals surface area contributed by atoms with Gasteiger partial charge in [0.15, 0.2) is 0 Å². The maximum atomic E-state index is 13.2. The summed E-state index contributed by atoms with van der Waals surface area (Å²) in [6, 6.07) is 7.92. The Hall–Kier alpha value is -2.76. The maximum absolute atomic E-state index is 13.2. The van der Waals surface area contributed by atoms with Crippen LogP contribution in [0.1, 0.15) is 41.8 Å². The summed E-state index contributed by atoms with van der Waals surface area (Å²) in [5, 5.41) is 0. The zero-order valence-electron chi connectivity index (χ0n) is 16.6. The molecule has 0 aliphatic carbocycles. The fourth-order valence-corrected chi connectivity index (χ4v) is 3.58. The number of carbonyl (C=O) groups excluding carboxylic acids is 2. The number of nitrogens with zero attached hydrogens (tertiary/aromatic N) is 3. The van der Waals surface area contributed by atoms with E-state index in [1.165, 1.54) is 12.1 Å². The molecular formula is C22H26FN3O2. The molecule has 2 amide bonds. The number of rotatable bonds is 4. The van der Waals surface area contributed by atoms with Gasteiger partial charge in [0.2, 0.25) is 5.91 Å². The van der Waals surface area contributed by atoms with E-state index >= 15 is 0 Å². The molecule has 1 saturated heterocycles. The monoisotopic (exact) mass is 383 g/mol. The lowest BCUT2D eigenvalue weighted by Gasteiger charge is -2.34. The Balaban J connectivity index is 1.83. The van der Waals surface area contributed by atoms with Crippen LogP contribution in [0, 0.1) is 18.7 Å². The largest absolute Gasteiger partial charge is 0.336 e. The predicted molar refractivity (Wildman–Crippen MR) is 105 cm³/mol. The van der Waals surface area contributed by atoms with Crippen molar-refractivity contribution in [2.24, 2.45) is 5.92 Å². The van der Waals surface area contributed by atoms with Crippen LogP contribution in [0.2, 0.25) is 0 Å². The molecule has 1 aliphatic rings. The summed E-state index contributed by atoms with van der Waals surface area (Å²) in [4.78, 5) is 33.6. The van der Waals surface area contributed by atoms with Gasteiger partial charge >= 0.3 is 0 Å². The minimum absolute atomic E-state index is 0.0145. The number of amides is 2. The first-order valence-electron chi connectivity index (χ1n) is 9.60. The van der Waals surface area contributed by atoms with Crippen LogP contribution in [0.3, 0.4) is 0 Å². The molecule has 1 aromatic heterocycles. The third-order valence-corrected chi connectivity index (χ3v) is 5.17. The minimum Gasteiger partial charge on any atom is -0.336 e. The van der Waals surface area contributed by atoms with E-state index in [1.807, 2.05) is 17.9 Å². The molecule has 0 N–H and O–H groups in total. The van der Waals surface area contributed by atoms with Crippen LogP contribution >= 0.6 is 0 Å². The lowest BCUT2D eigenvalue weighted by atomic mass is 10.0. The van der Waals surface area contributed by atoms with Crippen molar-refractivity contribution >= 4 is 11.8 Å². The summed E-state index contributed by atoms with van der Waals surface area (Å²) >= 11 is 0. The van der Waals surface area contributed by atoms with Gasteiger partial charge in [-0.2, -0.15) is 0 Å². The van der Waals surface area contributed by atoms with Crippen molar-refractivity contribution in [2.75, 3.05) is 13.1 Å². The Morgan fingerprint density at radius 1 is 1.25 bits per heavy atom. The van der Waals surface area contributed by atoms with Crippen LogP contribution < -0.4 is 0 Å². The molecule has 6 heteroatoms. The second-order valence-electron chi connectivity index (χ2n) is 7.71. The zero-order chi connectivity index (χ0) is 20.3. The molecule has 1 atom stereocenters. The SMILES string of the molecule is Cc1cncc(C(=O)N2CCC(=O)N(Cc3ccc(F)cc3)C(C(C)C)C2)c1. The molecule has 148 valence electrons. The van der Waals surface area contributed by atoms with Gasteiger partial charge in [0.25, 0.3) is 5.91 Å². The van der Waals surface area contributed by atoms with Crippen LogP contribution in [0.5, 0.6) is 0 Å². The van der Waals surface area contributed by atoms with Gasteiger partial charge < -0.3 is 9.80 Å². The van der Waals surface area contributed by atoms with Crippen molar-refractivity contribution in [3.05, 3.63) is 65.2 Å². The Bertz CT molecular complexity index is 851.